The highest BCUT2D eigenvalue weighted by Gasteiger charge is 2.78. The average molecular weight is 328 g/mol. The number of nitrogens with zero attached hydrogens (tertiary/aromatic N) is 1. The second-order valence-electron chi connectivity index (χ2n) is 10.9. The largest absolute Gasteiger partial charge is 0.303 e. The Kier molecular flexibility index (Phi) is 2.54. The fourth-order valence-corrected chi connectivity index (χ4v) is 9.81. The van der Waals surface area contributed by atoms with Gasteiger partial charge in [0.15, 0.2) is 0 Å². The molecule has 0 bridgehead atoms. The average Bonchev–Trinajstić information content (AvgIpc) is 2.96. The van der Waals surface area contributed by atoms with Crippen LogP contribution in [0, 0.1) is 45.8 Å². The summed E-state index contributed by atoms with van der Waals surface area (Å²) in [4.78, 5) is 15.9. The van der Waals surface area contributed by atoms with Gasteiger partial charge >= 0.3 is 0 Å². The van der Waals surface area contributed by atoms with Gasteiger partial charge in [-0.15, -0.1) is 0 Å². The number of carbonyl (C=O) groups excluding carboxylic acids is 1. The molecule has 132 valence electrons. The van der Waals surface area contributed by atoms with Gasteiger partial charge in [-0.1, -0.05) is 6.92 Å². The first kappa shape index (κ1) is 14.8. The lowest BCUT2D eigenvalue weighted by atomic mass is 9.46. The van der Waals surface area contributed by atoms with Crippen LogP contribution in [0.15, 0.2) is 0 Å². The molecule has 0 aromatic rings. The minimum absolute atomic E-state index is 0.163. The Bertz CT molecular complexity index is 629. The van der Waals surface area contributed by atoms with Crippen LogP contribution in [0.25, 0.3) is 0 Å². The molecule has 5 aliphatic carbocycles. The first-order valence-corrected chi connectivity index (χ1v) is 10.7. The Hall–Kier alpha value is -0.370. The van der Waals surface area contributed by atoms with E-state index in [1.165, 1.54) is 51.5 Å². The smallest absolute Gasteiger partial charge is 0.140 e. The van der Waals surface area contributed by atoms with Crippen LogP contribution in [0.5, 0.6) is 0 Å². The molecule has 1 saturated heterocycles. The zero-order valence-corrected chi connectivity index (χ0v) is 15.7. The molecule has 6 rings (SSSR count). The van der Waals surface area contributed by atoms with E-state index in [0.29, 0.717) is 16.6 Å². The maximum Gasteiger partial charge on any atom is 0.140 e. The van der Waals surface area contributed by atoms with Crippen LogP contribution in [-0.2, 0) is 4.79 Å². The summed E-state index contributed by atoms with van der Waals surface area (Å²) in [5.41, 5.74) is 1.10. The van der Waals surface area contributed by atoms with Gasteiger partial charge in [-0.2, -0.15) is 0 Å². The zero-order valence-electron chi connectivity index (χ0n) is 15.7. The lowest BCUT2D eigenvalue weighted by molar-refractivity contribution is -0.150. The van der Waals surface area contributed by atoms with Crippen LogP contribution in [-0.4, -0.2) is 30.3 Å². The van der Waals surface area contributed by atoms with Crippen molar-refractivity contribution in [3.63, 3.8) is 0 Å². The molecule has 6 fully saturated rings. The third-order valence-electron chi connectivity index (χ3n) is 10.9. The van der Waals surface area contributed by atoms with E-state index in [4.69, 9.17) is 0 Å². The van der Waals surface area contributed by atoms with Gasteiger partial charge in [0.05, 0.1) is 0 Å². The fraction of sp³-hybridized carbons (Fsp3) is 0.955. The summed E-state index contributed by atoms with van der Waals surface area (Å²) in [5.74, 6) is 4.83. The lowest BCUT2D eigenvalue weighted by Gasteiger charge is -2.58. The normalized spacial score (nSPS) is 64.2. The lowest BCUT2D eigenvalue weighted by Crippen LogP contribution is -2.56. The van der Waals surface area contributed by atoms with Crippen molar-refractivity contribution < 1.29 is 4.79 Å². The molecule has 2 nitrogen and oxygen atoms in total. The first-order valence-electron chi connectivity index (χ1n) is 10.7. The topological polar surface area (TPSA) is 20.3 Å². The second-order valence-corrected chi connectivity index (χ2v) is 10.9. The van der Waals surface area contributed by atoms with E-state index in [2.05, 4.69) is 25.8 Å². The minimum atomic E-state index is 0.163. The molecule has 0 aromatic heterocycles. The highest BCUT2D eigenvalue weighted by Crippen LogP contribution is 2.80. The number of Topliss-reactive ketones (excluding diaryl/α,β-unsaturated/α-hetero) is 1. The molecule has 2 spiro atoms. The molecule has 0 aromatic carbocycles. The highest BCUT2D eigenvalue weighted by molar-refractivity contribution is 5.91. The summed E-state index contributed by atoms with van der Waals surface area (Å²) in [6.45, 7) is 6.32. The Labute approximate surface area is 146 Å². The van der Waals surface area contributed by atoms with E-state index >= 15 is 0 Å². The molecule has 1 heterocycles. The second kappa shape index (κ2) is 4.13. The van der Waals surface area contributed by atoms with Crippen LogP contribution in [0.3, 0.4) is 0 Å². The Balaban J connectivity index is 1.41. The minimum Gasteiger partial charge on any atom is -0.303 e. The van der Waals surface area contributed by atoms with Gasteiger partial charge < -0.3 is 4.90 Å². The van der Waals surface area contributed by atoms with Crippen LogP contribution in [0.1, 0.15) is 65.2 Å². The third-order valence-corrected chi connectivity index (χ3v) is 10.9. The molecule has 0 unspecified atom stereocenters. The molecule has 6 aliphatic rings. The molecule has 9 atom stereocenters. The van der Waals surface area contributed by atoms with E-state index < -0.39 is 0 Å². The molecule has 5 saturated carbocycles. The maximum atomic E-state index is 13.3. The maximum absolute atomic E-state index is 13.3. The first-order chi connectivity index (χ1) is 11.4. The van der Waals surface area contributed by atoms with Crippen LogP contribution < -0.4 is 0 Å². The van der Waals surface area contributed by atoms with E-state index in [-0.39, 0.29) is 5.41 Å². The van der Waals surface area contributed by atoms with Gasteiger partial charge in [0.2, 0.25) is 0 Å². The van der Waals surface area contributed by atoms with Crippen molar-refractivity contribution in [3.05, 3.63) is 0 Å². The number of carbonyl (C=O) groups is 1. The summed E-state index contributed by atoms with van der Waals surface area (Å²) in [5, 5.41) is 0. The van der Waals surface area contributed by atoms with Crippen LogP contribution in [0.4, 0.5) is 0 Å². The van der Waals surface area contributed by atoms with Crippen LogP contribution >= 0.6 is 0 Å². The summed E-state index contributed by atoms with van der Waals surface area (Å²) in [6.07, 6.45) is 10.6. The van der Waals surface area contributed by atoms with E-state index in [1.54, 1.807) is 0 Å². The zero-order chi connectivity index (χ0) is 16.5. The third kappa shape index (κ3) is 1.32. The van der Waals surface area contributed by atoms with Crippen molar-refractivity contribution in [2.45, 2.75) is 71.3 Å². The van der Waals surface area contributed by atoms with E-state index in [0.717, 1.165) is 42.1 Å². The molecule has 0 amide bonds. The van der Waals surface area contributed by atoms with E-state index in [9.17, 15) is 4.79 Å². The Morgan fingerprint density at radius 3 is 2.62 bits per heavy atom. The fourth-order valence-electron chi connectivity index (χ4n) is 9.81. The van der Waals surface area contributed by atoms with Gasteiger partial charge in [0, 0.05) is 24.4 Å². The number of likely N-dealkylation sites (tertiary alicyclic amines) is 1. The Morgan fingerprint density at radius 1 is 1.04 bits per heavy atom. The van der Waals surface area contributed by atoms with Crippen molar-refractivity contribution in [2.75, 3.05) is 13.6 Å². The van der Waals surface area contributed by atoms with Crippen molar-refractivity contribution in [2.24, 2.45) is 45.8 Å². The number of rotatable bonds is 0. The predicted octanol–water partition coefficient (Wildman–Crippen LogP) is 4.14. The molecule has 2 heteroatoms. The van der Waals surface area contributed by atoms with Gasteiger partial charge in [-0.3, -0.25) is 4.79 Å². The van der Waals surface area contributed by atoms with Gasteiger partial charge in [0.25, 0.3) is 0 Å². The highest BCUT2D eigenvalue weighted by atomic mass is 16.1. The summed E-state index contributed by atoms with van der Waals surface area (Å²) >= 11 is 0. The molecule has 24 heavy (non-hydrogen) atoms. The van der Waals surface area contributed by atoms with Crippen molar-refractivity contribution in [1.29, 1.82) is 0 Å². The summed E-state index contributed by atoms with van der Waals surface area (Å²) < 4.78 is 0. The molecular weight excluding hydrogens is 294 g/mol. The summed E-state index contributed by atoms with van der Waals surface area (Å²) in [7, 11) is 2.34. The number of fused-ring (bicyclic) bond motifs is 3. The van der Waals surface area contributed by atoms with Crippen LogP contribution in [0.2, 0.25) is 0 Å². The number of ketones is 1. The molecular formula is C22H33NO. The summed E-state index contributed by atoms with van der Waals surface area (Å²) in [6, 6.07) is 0.757. The molecule has 1 aliphatic heterocycles. The van der Waals surface area contributed by atoms with Crippen molar-refractivity contribution >= 4 is 5.78 Å². The van der Waals surface area contributed by atoms with E-state index in [1.807, 2.05) is 0 Å². The molecule has 0 radical (unpaired) electrons. The number of hydrogen-bond donors (Lipinski definition) is 0. The SMILES string of the molecule is C[C@H]1[C@H]2CC[C@H]3[C@@H]4CC(=O)[C@]56C[C@@H]5CC[C@]6(C)[C@H]4CC[C@]23CN1C. The number of hydrogen-bond acceptors (Lipinski definition) is 2. The quantitative estimate of drug-likeness (QED) is 0.666. The van der Waals surface area contributed by atoms with Crippen molar-refractivity contribution in [1.82, 2.24) is 4.90 Å². The van der Waals surface area contributed by atoms with Gasteiger partial charge in [-0.05, 0) is 99.3 Å². The van der Waals surface area contributed by atoms with Gasteiger partial charge in [0.1, 0.15) is 5.78 Å². The van der Waals surface area contributed by atoms with Crippen molar-refractivity contribution in [3.8, 4) is 0 Å². The molecule has 0 N–H and O–H groups in total. The standard InChI is InChI=1S/C22H33NO/c1-13-16-4-5-18-15-10-19(24)22-11-14(22)6-8-20(22,2)17(15)7-9-21(16,18)12-23(13)3/h13-18H,4-12H2,1-3H3/t13-,14-,15+,16+,17-,18-,20+,21-,22-/m0/s1. The predicted molar refractivity (Wildman–Crippen MR) is 94.5 cm³/mol. The Morgan fingerprint density at radius 2 is 1.83 bits per heavy atom. The monoisotopic (exact) mass is 327 g/mol. The van der Waals surface area contributed by atoms with Gasteiger partial charge in [-0.25, -0.2) is 0 Å².